The summed E-state index contributed by atoms with van der Waals surface area (Å²) in [5, 5.41) is 0. The van der Waals surface area contributed by atoms with E-state index in [4.69, 9.17) is 0 Å². The van der Waals surface area contributed by atoms with Gasteiger partial charge in [-0.15, -0.1) is 12.6 Å². The first-order chi connectivity index (χ1) is 5.46. The van der Waals surface area contributed by atoms with Crippen LogP contribution in [0.5, 0.6) is 0 Å². The second kappa shape index (κ2) is 4.62. The van der Waals surface area contributed by atoms with Crippen LogP contribution in [0.25, 0.3) is 0 Å². The summed E-state index contributed by atoms with van der Waals surface area (Å²) in [6.07, 6.45) is 0. The Kier molecular flexibility index (Phi) is 4.68. The van der Waals surface area contributed by atoms with E-state index in [0.29, 0.717) is 0 Å². The van der Waals surface area contributed by atoms with Crippen molar-refractivity contribution in [3.8, 4) is 0 Å². The molecule has 1 aromatic carbocycles. The molecule has 0 radical (unpaired) electrons. The van der Waals surface area contributed by atoms with E-state index in [1.165, 1.54) is 27.8 Å². The molecule has 0 N–H and O–H groups in total. The first kappa shape index (κ1) is 13.2. The molecule has 13 heavy (non-hydrogen) atoms. The van der Waals surface area contributed by atoms with Crippen molar-refractivity contribution in [2.24, 2.45) is 0 Å². The molecule has 0 aliphatic carbocycles. The Balaban J connectivity index is 0.00000144. The van der Waals surface area contributed by atoms with Crippen molar-refractivity contribution in [3.05, 3.63) is 27.8 Å². The van der Waals surface area contributed by atoms with E-state index in [1.807, 2.05) is 0 Å². The molecule has 0 unspecified atom stereocenters. The molecule has 0 saturated heterocycles. The summed E-state index contributed by atoms with van der Waals surface area (Å²) in [5.41, 5.74) is 6.80. The van der Waals surface area contributed by atoms with E-state index in [2.05, 4.69) is 47.2 Å². The van der Waals surface area contributed by atoms with Gasteiger partial charge in [0.05, 0.1) is 0 Å². The first-order valence-electron chi connectivity index (χ1n) is 4.22. The third kappa shape index (κ3) is 2.16. The van der Waals surface area contributed by atoms with Crippen LogP contribution in [0.15, 0.2) is 4.90 Å². The van der Waals surface area contributed by atoms with Crippen LogP contribution in [0.3, 0.4) is 0 Å². The fourth-order valence-corrected chi connectivity index (χ4v) is 1.82. The van der Waals surface area contributed by atoms with Crippen LogP contribution < -0.4 is 0 Å². The Morgan fingerprint density at radius 3 is 1.15 bits per heavy atom. The zero-order valence-electron chi connectivity index (χ0n) is 9.15. The molecule has 0 fully saturated rings. The van der Waals surface area contributed by atoms with E-state index in [0.717, 1.165) is 4.90 Å². The Morgan fingerprint density at radius 1 is 0.615 bits per heavy atom. The van der Waals surface area contributed by atoms with Crippen molar-refractivity contribution in [2.75, 3.05) is 0 Å². The van der Waals surface area contributed by atoms with E-state index in [-0.39, 0.29) is 19.5 Å². The molecular weight excluding hydrogens is 230 g/mol. The van der Waals surface area contributed by atoms with Crippen LogP contribution >= 0.6 is 12.6 Å². The van der Waals surface area contributed by atoms with E-state index >= 15 is 0 Å². The van der Waals surface area contributed by atoms with Crippen molar-refractivity contribution in [2.45, 2.75) is 39.5 Å². The summed E-state index contributed by atoms with van der Waals surface area (Å²) < 4.78 is 0. The van der Waals surface area contributed by atoms with Gasteiger partial charge in [0.25, 0.3) is 0 Å². The van der Waals surface area contributed by atoms with Gasteiger partial charge in [0.15, 0.2) is 0 Å². The number of hydrogen-bond acceptors (Lipinski definition) is 1. The Labute approximate surface area is 99.3 Å². The van der Waals surface area contributed by atoms with Gasteiger partial charge in [0.1, 0.15) is 0 Å². The van der Waals surface area contributed by atoms with Crippen molar-refractivity contribution in [1.29, 1.82) is 0 Å². The predicted molar refractivity (Wildman–Crippen MR) is 57.4 cm³/mol. The molecule has 1 rings (SSSR count). The number of hydrogen-bond donors (Lipinski definition) is 1. The van der Waals surface area contributed by atoms with E-state index < -0.39 is 0 Å². The van der Waals surface area contributed by atoms with Crippen LogP contribution in [-0.2, 0) is 19.5 Å². The molecule has 2 heteroatoms. The summed E-state index contributed by atoms with van der Waals surface area (Å²) in [7, 11) is 0. The fourth-order valence-electron chi connectivity index (χ4n) is 1.48. The zero-order valence-corrected chi connectivity index (χ0v) is 13.0. The maximum Gasteiger partial charge on any atom is 2.00 e. The SMILES string of the molecule is Cc1c(C)c(C)c(S)c(C)c1C.[Zn+2]. The van der Waals surface area contributed by atoms with Gasteiger partial charge in [0, 0.05) is 4.90 Å². The Bertz CT molecular complexity index is 224. The average Bonchev–Trinajstić information content (AvgIpc) is 2.08. The van der Waals surface area contributed by atoms with Gasteiger partial charge in [-0.05, 0) is 62.4 Å². The monoisotopic (exact) mass is 244 g/mol. The molecule has 0 atom stereocenters. The zero-order chi connectivity index (χ0) is 9.46. The molecule has 0 amide bonds. The third-order valence-corrected chi connectivity index (χ3v) is 3.63. The van der Waals surface area contributed by atoms with Crippen LogP contribution in [0.4, 0.5) is 0 Å². The molecule has 0 saturated carbocycles. The van der Waals surface area contributed by atoms with Gasteiger partial charge in [-0.1, -0.05) is 0 Å². The van der Waals surface area contributed by atoms with E-state index in [1.54, 1.807) is 0 Å². The molecule has 0 bridgehead atoms. The van der Waals surface area contributed by atoms with E-state index in [9.17, 15) is 0 Å². The van der Waals surface area contributed by atoms with Crippen LogP contribution in [0.1, 0.15) is 27.8 Å². The molecule has 0 aromatic heterocycles. The summed E-state index contributed by atoms with van der Waals surface area (Å²) in [4.78, 5) is 1.15. The van der Waals surface area contributed by atoms with Gasteiger partial charge < -0.3 is 0 Å². The predicted octanol–water partition coefficient (Wildman–Crippen LogP) is 3.51. The van der Waals surface area contributed by atoms with Gasteiger partial charge in [0.2, 0.25) is 0 Å². The normalized spacial score (nSPS) is 9.69. The quantitative estimate of drug-likeness (QED) is 0.525. The second-order valence-electron chi connectivity index (χ2n) is 3.47. The summed E-state index contributed by atoms with van der Waals surface area (Å²) in [6.45, 7) is 10.8. The minimum Gasteiger partial charge on any atom is -0.143 e. The van der Waals surface area contributed by atoms with Gasteiger partial charge in [-0.25, -0.2) is 0 Å². The van der Waals surface area contributed by atoms with Gasteiger partial charge in [-0.3, -0.25) is 0 Å². The van der Waals surface area contributed by atoms with Gasteiger partial charge >= 0.3 is 19.5 Å². The molecule has 0 aliphatic rings. The average molecular weight is 246 g/mol. The summed E-state index contributed by atoms with van der Waals surface area (Å²) >= 11 is 4.50. The standard InChI is InChI=1S/C11H16S.Zn/c1-6-7(2)9(4)11(12)10(5)8(6)3;/h12H,1-5H3;/q;+2. The molecule has 66 valence electrons. The van der Waals surface area contributed by atoms with Crippen molar-refractivity contribution >= 4 is 12.6 Å². The summed E-state index contributed by atoms with van der Waals surface area (Å²) in [6, 6.07) is 0. The number of benzene rings is 1. The van der Waals surface area contributed by atoms with Crippen LogP contribution in [0.2, 0.25) is 0 Å². The van der Waals surface area contributed by atoms with Crippen molar-refractivity contribution < 1.29 is 19.5 Å². The number of thiol groups is 1. The molecule has 1 aromatic rings. The first-order valence-corrected chi connectivity index (χ1v) is 4.67. The summed E-state index contributed by atoms with van der Waals surface area (Å²) in [5.74, 6) is 0. The Hall–Kier alpha value is 0.193. The molecule has 0 heterocycles. The molecule has 0 spiro atoms. The van der Waals surface area contributed by atoms with Crippen LogP contribution in [0, 0.1) is 34.6 Å². The Morgan fingerprint density at radius 2 is 0.846 bits per heavy atom. The van der Waals surface area contributed by atoms with Crippen LogP contribution in [-0.4, -0.2) is 0 Å². The maximum absolute atomic E-state index is 4.50. The molecule has 0 aliphatic heterocycles. The minimum absolute atomic E-state index is 0. The number of rotatable bonds is 0. The van der Waals surface area contributed by atoms with Crippen molar-refractivity contribution in [3.63, 3.8) is 0 Å². The minimum atomic E-state index is 0. The fraction of sp³-hybridized carbons (Fsp3) is 0.455. The topological polar surface area (TPSA) is 0 Å². The second-order valence-corrected chi connectivity index (χ2v) is 3.92. The molecular formula is C11H16SZn+2. The van der Waals surface area contributed by atoms with Crippen molar-refractivity contribution in [1.82, 2.24) is 0 Å². The third-order valence-electron chi connectivity index (χ3n) is 2.96. The van der Waals surface area contributed by atoms with Gasteiger partial charge in [-0.2, -0.15) is 0 Å². The smallest absolute Gasteiger partial charge is 0.143 e. The maximum atomic E-state index is 4.50. The largest absolute Gasteiger partial charge is 2.00 e. The molecule has 0 nitrogen and oxygen atoms in total.